The van der Waals surface area contributed by atoms with Crippen molar-refractivity contribution in [1.29, 1.82) is 0 Å². The SMILES string of the molecule is CC(C)[C@H]1C(=O)N(CC(N)=O)CCN1C(=O)CN[C@H](C)c1ccccc1. The molecular formula is C19H28N4O3. The summed E-state index contributed by atoms with van der Waals surface area (Å²) < 4.78 is 0. The molecule has 0 radical (unpaired) electrons. The minimum Gasteiger partial charge on any atom is -0.368 e. The molecule has 142 valence electrons. The van der Waals surface area contributed by atoms with E-state index in [2.05, 4.69) is 5.32 Å². The minimum absolute atomic E-state index is 0.0319. The topological polar surface area (TPSA) is 95.7 Å². The maximum Gasteiger partial charge on any atom is 0.246 e. The van der Waals surface area contributed by atoms with E-state index in [1.807, 2.05) is 51.1 Å². The van der Waals surface area contributed by atoms with Crippen molar-refractivity contribution in [1.82, 2.24) is 15.1 Å². The molecule has 7 heteroatoms. The van der Waals surface area contributed by atoms with Crippen molar-refractivity contribution in [3.8, 4) is 0 Å². The second kappa shape index (κ2) is 8.80. The molecule has 0 bridgehead atoms. The minimum atomic E-state index is -0.565. The molecule has 1 aromatic rings. The predicted octanol–water partition coefficient (Wildman–Crippen LogP) is 0.518. The summed E-state index contributed by atoms with van der Waals surface area (Å²) in [5.41, 5.74) is 6.31. The maximum absolute atomic E-state index is 12.7. The van der Waals surface area contributed by atoms with Gasteiger partial charge in [0.15, 0.2) is 0 Å². The van der Waals surface area contributed by atoms with Gasteiger partial charge in [0.1, 0.15) is 6.04 Å². The summed E-state index contributed by atoms with van der Waals surface area (Å²) in [6.45, 7) is 6.58. The first kappa shape index (κ1) is 19.9. The van der Waals surface area contributed by atoms with Gasteiger partial charge in [-0.3, -0.25) is 14.4 Å². The first-order chi connectivity index (χ1) is 12.3. The monoisotopic (exact) mass is 360 g/mol. The van der Waals surface area contributed by atoms with Gasteiger partial charge in [-0.05, 0) is 18.4 Å². The smallest absolute Gasteiger partial charge is 0.246 e. The first-order valence-corrected chi connectivity index (χ1v) is 8.96. The Bertz CT molecular complexity index is 647. The normalized spacial score (nSPS) is 18.9. The maximum atomic E-state index is 12.7. The molecule has 1 saturated heterocycles. The van der Waals surface area contributed by atoms with Gasteiger partial charge < -0.3 is 20.9 Å². The zero-order valence-electron chi connectivity index (χ0n) is 15.6. The van der Waals surface area contributed by atoms with Crippen LogP contribution >= 0.6 is 0 Å². The van der Waals surface area contributed by atoms with Crippen molar-refractivity contribution < 1.29 is 14.4 Å². The van der Waals surface area contributed by atoms with E-state index in [-0.39, 0.29) is 36.9 Å². The number of benzene rings is 1. The molecule has 0 aromatic heterocycles. The van der Waals surface area contributed by atoms with Gasteiger partial charge in [-0.25, -0.2) is 0 Å². The van der Waals surface area contributed by atoms with Crippen LogP contribution in [0, 0.1) is 5.92 Å². The van der Waals surface area contributed by atoms with Gasteiger partial charge in [-0.1, -0.05) is 44.2 Å². The Kier molecular flexibility index (Phi) is 6.74. The number of nitrogens with one attached hydrogen (secondary N) is 1. The third kappa shape index (κ3) is 4.82. The fourth-order valence-electron chi connectivity index (χ4n) is 3.27. The van der Waals surface area contributed by atoms with Crippen LogP contribution < -0.4 is 11.1 Å². The highest BCUT2D eigenvalue weighted by Crippen LogP contribution is 2.19. The summed E-state index contributed by atoms with van der Waals surface area (Å²) in [5.74, 6) is -0.916. The molecule has 2 rings (SSSR count). The Morgan fingerprint density at radius 3 is 2.42 bits per heavy atom. The lowest BCUT2D eigenvalue weighted by Crippen LogP contribution is -2.62. The fourth-order valence-corrected chi connectivity index (χ4v) is 3.27. The van der Waals surface area contributed by atoms with Gasteiger partial charge in [0.2, 0.25) is 17.7 Å². The quantitative estimate of drug-likeness (QED) is 0.741. The standard InChI is InChI=1S/C19H28N4O3/c1-13(2)18-19(26)22(12-16(20)24)9-10-23(18)17(25)11-21-14(3)15-7-5-4-6-8-15/h4-8,13-14,18,21H,9-12H2,1-3H3,(H2,20,24)/t14-,18+/m1/s1. The number of rotatable bonds is 7. The molecule has 1 heterocycles. The summed E-state index contributed by atoms with van der Waals surface area (Å²) in [7, 11) is 0. The molecule has 0 unspecified atom stereocenters. The van der Waals surface area contributed by atoms with Crippen LogP contribution in [-0.2, 0) is 14.4 Å². The number of primary amides is 1. The van der Waals surface area contributed by atoms with Crippen LogP contribution in [-0.4, -0.2) is 59.7 Å². The Balaban J connectivity index is 2.00. The summed E-state index contributed by atoms with van der Waals surface area (Å²) in [4.78, 5) is 39.6. The third-order valence-corrected chi connectivity index (χ3v) is 4.67. The molecule has 26 heavy (non-hydrogen) atoms. The molecule has 0 spiro atoms. The van der Waals surface area contributed by atoms with Crippen molar-refractivity contribution in [3.63, 3.8) is 0 Å². The summed E-state index contributed by atoms with van der Waals surface area (Å²) in [5, 5.41) is 3.22. The van der Waals surface area contributed by atoms with E-state index in [0.717, 1.165) is 5.56 Å². The van der Waals surface area contributed by atoms with Crippen molar-refractivity contribution in [2.45, 2.75) is 32.9 Å². The van der Waals surface area contributed by atoms with Crippen LogP contribution in [0.5, 0.6) is 0 Å². The number of hydrogen-bond acceptors (Lipinski definition) is 4. The zero-order valence-corrected chi connectivity index (χ0v) is 15.6. The number of amides is 3. The summed E-state index contributed by atoms with van der Waals surface area (Å²) >= 11 is 0. The van der Waals surface area contributed by atoms with E-state index in [1.165, 1.54) is 4.90 Å². The zero-order chi connectivity index (χ0) is 19.3. The summed E-state index contributed by atoms with van der Waals surface area (Å²) in [6, 6.07) is 9.35. The molecular weight excluding hydrogens is 332 g/mol. The molecule has 0 aliphatic carbocycles. The van der Waals surface area contributed by atoms with Crippen LogP contribution in [0.3, 0.4) is 0 Å². The van der Waals surface area contributed by atoms with E-state index >= 15 is 0 Å². The largest absolute Gasteiger partial charge is 0.368 e. The van der Waals surface area contributed by atoms with E-state index in [9.17, 15) is 14.4 Å². The van der Waals surface area contributed by atoms with Gasteiger partial charge in [-0.2, -0.15) is 0 Å². The molecule has 1 aromatic carbocycles. The average Bonchev–Trinajstić information content (AvgIpc) is 2.60. The fraction of sp³-hybridized carbons (Fsp3) is 0.526. The lowest BCUT2D eigenvalue weighted by Gasteiger charge is -2.42. The Hall–Kier alpha value is -2.41. The Labute approximate surface area is 154 Å². The number of carbonyl (C=O) groups excluding carboxylic acids is 3. The van der Waals surface area contributed by atoms with E-state index < -0.39 is 11.9 Å². The molecule has 3 amide bonds. The first-order valence-electron chi connectivity index (χ1n) is 8.96. The molecule has 0 saturated carbocycles. The van der Waals surface area contributed by atoms with Crippen LogP contribution in [0.1, 0.15) is 32.4 Å². The van der Waals surface area contributed by atoms with Crippen LogP contribution in [0.15, 0.2) is 30.3 Å². The summed E-state index contributed by atoms with van der Waals surface area (Å²) in [6.07, 6.45) is 0. The van der Waals surface area contributed by atoms with Crippen molar-refractivity contribution in [2.24, 2.45) is 11.7 Å². The number of nitrogens with zero attached hydrogens (tertiary/aromatic N) is 2. The predicted molar refractivity (Wildman–Crippen MR) is 99.0 cm³/mol. The molecule has 1 aliphatic heterocycles. The van der Waals surface area contributed by atoms with Crippen molar-refractivity contribution in [2.75, 3.05) is 26.2 Å². The molecule has 1 aliphatic rings. The van der Waals surface area contributed by atoms with Gasteiger partial charge in [0.05, 0.1) is 13.1 Å². The Morgan fingerprint density at radius 2 is 1.85 bits per heavy atom. The highest BCUT2D eigenvalue weighted by Gasteiger charge is 2.39. The van der Waals surface area contributed by atoms with Gasteiger partial charge in [0, 0.05) is 19.1 Å². The second-order valence-electron chi connectivity index (χ2n) is 7.02. The highest BCUT2D eigenvalue weighted by molar-refractivity contribution is 5.92. The van der Waals surface area contributed by atoms with E-state index in [1.54, 1.807) is 4.90 Å². The van der Waals surface area contributed by atoms with Gasteiger partial charge in [-0.15, -0.1) is 0 Å². The average molecular weight is 360 g/mol. The number of carbonyl (C=O) groups is 3. The number of hydrogen-bond donors (Lipinski definition) is 2. The molecule has 7 nitrogen and oxygen atoms in total. The lowest BCUT2D eigenvalue weighted by atomic mass is 9.98. The van der Waals surface area contributed by atoms with Gasteiger partial charge in [0.25, 0.3) is 0 Å². The van der Waals surface area contributed by atoms with Crippen molar-refractivity contribution in [3.05, 3.63) is 35.9 Å². The molecule has 1 fully saturated rings. The highest BCUT2D eigenvalue weighted by atomic mass is 16.2. The molecule has 3 N–H and O–H groups in total. The van der Waals surface area contributed by atoms with Crippen LogP contribution in [0.4, 0.5) is 0 Å². The van der Waals surface area contributed by atoms with E-state index in [0.29, 0.717) is 13.1 Å². The molecule has 2 atom stereocenters. The van der Waals surface area contributed by atoms with E-state index in [4.69, 9.17) is 5.73 Å². The van der Waals surface area contributed by atoms with Gasteiger partial charge >= 0.3 is 0 Å². The van der Waals surface area contributed by atoms with Crippen LogP contribution in [0.2, 0.25) is 0 Å². The third-order valence-electron chi connectivity index (χ3n) is 4.67. The number of nitrogens with two attached hydrogens (primary N) is 1. The van der Waals surface area contributed by atoms with Crippen LogP contribution in [0.25, 0.3) is 0 Å². The lowest BCUT2D eigenvalue weighted by molar-refractivity contribution is -0.154. The second-order valence-corrected chi connectivity index (χ2v) is 7.02. The Morgan fingerprint density at radius 1 is 1.19 bits per heavy atom. The number of piperazine rings is 1. The van der Waals surface area contributed by atoms with Crippen molar-refractivity contribution >= 4 is 17.7 Å².